The van der Waals surface area contributed by atoms with Crippen molar-refractivity contribution >= 4 is 27.7 Å². The van der Waals surface area contributed by atoms with Crippen molar-refractivity contribution in [3.8, 4) is 0 Å². The van der Waals surface area contributed by atoms with E-state index in [4.69, 9.17) is 0 Å². The van der Waals surface area contributed by atoms with Gasteiger partial charge in [0.25, 0.3) is 0 Å². The van der Waals surface area contributed by atoms with Crippen molar-refractivity contribution in [1.29, 1.82) is 0 Å². The maximum absolute atomic E-state index is 4.52. The Kier molecular flexibility index (Phi) is 6.33. The van der Waals surface area contributed by atoms with E-state index in [0.29, 0.717) is 6.04 Å². The first-order valence-electron chi connectivity index (χ1n) is 7.19. The second-order valence-corrected chi connectivity index (χ2v) is 7.07. The third-order valence-electron chi connectivity index (χ3n) is 3.52. The number of likely N-dealkylation sites (N-methyl/N-ethyl adjacent to an activating group) is 1. The number of benzene rings is 1. The molecule has 2 rings (SSSR count). The molecule has 5 heteroatoms. The highest BCUT2D eigenvalue weighted by molar-refractivity contribution is 9.10. The lowest BCUT2D eigenvalue weighted by atomic mass is 10.1. The Balaban J connectivity index is 1.93. The Labute approximate surface area is 139 Å². The first-order chi connectivity index (χ1) is 10.1. The molecule has 2 aromatic rings. The molecule has 0 saturated heterocycles. The van der Waals surface area contributed by atoms with Crippen LogP contribution in [-0.2, 0) is 19.9 Å². The Morgan fingerprint density at radius 1 is 1.33 bits per heavy atom. The zero-order valence-electron chi connectivity index (χ0n) is 12.8. The number of thioether (sulfide) groups is 1. The Bertz CT molecular complexity index is 565. The van der Waals surface area contributed by atoms with E-state index >= 15 is 0 Å². The van der Waals surface area contributed by atoms with E-state index in [1.807, 2.05) is 30.5 Å². The first-order valence-corrected chi connectivity index (χ1v) is 8.97. The van der Waals surface area contributed by atoms with E-state index in [0.717, 1.165) is 23.1 Å². The van der Waals surface area contributed by atoms with Crippen LogP contribution in [0.15, 0.2) is 39.7 Å². The summed E-state index contributed by atoms with van der Waals surface area (Å²) in [6.07, 6.45) is 2.00. The molecular weight excluding hydrogens is 346 g/mol. The number of nitrogens with one attached hydrogen (secondary N) is 1. The molecule has 1 N–H and O–H groups in total. The Hall–Kier alpha value is -0.780. The summed E-state index contributed by atoms with van der Waals surface area (Å²) in [4.78, 5) is 1.30. The molecule has 1 heterocycles. The SMILES string of the molecule is CCc1cc(CC(CSc2ccc(Br)cc2)NC)n(C)n1. The van der Waals surface area contributed by atoms with Crippen molar-refractivity contribution in [2.45, 2.75) is 30.7 Å². The van der Waals surface area contributed by atoms with Crippen LogP contribution in [0.3, 0.4) is 0 Å². The van der Waals surface area contributed by atoms with E-state index < -0.39 is 0 Å². The highest BCUT2D eigenvalue weighted by Gasteiger charge is 2.12. The molecule has 1 unspecified atom stereocenters. The molecule has 0 amide bonds. The largest absolute Gasteiger partial charge is 0.316 e. The van der Waals surface area contributed by atoms with Crippen LogP contribution in [0.25, 0.3) is 0 Å². The van der Waals surface area contributed by atoms with Gasteiger partial charge in [0.1, 0.15) is 0 Å². The van der Waals surface area contributed by atoms with E-state index in [-0.39, 0.29) is 0 Å². The molecule has 21 heavy (non-hydrogen) atoms. The molecule has 1 atom stereocenters. The predicted octanol–water partition coefficient (Wildman–Crippen LogP) is 3.67. The summed E-state index contributed by atoms with van der Waals surface area (Å²) in [5.74, 6) is 1.05. The van der Waals surface area contributed by atoms with Gasteiger partial charge in [0.15, 0.2) is 0 Å². The lowest BCUT2D eigenvalue weighted by Crippen LogP contribution is -2.30. The molecule has 3 nitrogen and oxygen atoms in total. The van der Waals surface area contributed by atoms with Gasteiger partial charge in [0.2, 0.25) is 0 Å². The molecule has 0 fully saturated rings. The molecule has 0 spiro atoms. The summed E-state index contributed by atoms with van der Waals surface area (Å²) in [6.45, 7) is 2.14. The second-order valence-electron chi connectivity index (χ2n) is 5.06. The van der Waals surface area contributed by atoms with Crippen molar-refractivity contribution in [3.05, 3.63) is 46.2 Å². The average Bonchev–Trinajstić information content (AvgIpc) is 2.85. The van der Waals surface area contributed by atoms with Gasteiger partial charge in [-0.15, -0.1) is 11.8 Å². The topological polar surface area (TPSA) is 29.9 Å². The maximum atomic E-state index is 4.52. The average molecular weight is 368 g/mol. The van der Waals surface area contributed by atoms with Gasteiger partial charge in [-0.3, -0.25) is 4.68 Å². The maximum Gasteiger partial charge on any atom is 0.0624 e. The highest BCUT2D eigenvalue weighted by Crippen LogP contribution is 2.22. The Morgan fingerprint density at radius 3 is 2.62 bits per heavy atom. The molecule has 0 bridgehead atoms. The fourth-order valence-electron chi connectivity index (χ4n) is 2.16. The van der Waals surface area contributed by atoms with Crippen LogP contribution >= 0.6 is 27.7 Å². The minimum absolute atomic E-state index is 0.443. The van der Waals surface area contributed by atoms with Gasteiger partial charge >= 0.3 is 0 Å². The minimum Gasteiger partial charge on any atom is -0.316 e. The fourth-order valence-corrected chi connectivity index (χ4v) is 3.43. The molecule has 1 aromatic heterocycles. The molecule has 0 aliphatic heterocycles. The summed E-state index contributed by atoms with van der Waals surface area (Å²) in [5, 5.41) is 7.94. The van der Waals surface area contributed by atoms with Crippen molar-refractivity contribution in [1.82, 2.24) is 15.1 Å². The number of hydrogen-bond donors (Lipinski definition) is 1. The van der Waals surface area contributed by atoms with Crippen molar-refractivity contribution < 1.29 is 0 Å². The smallest absolute Gasteiger partial charge is 0.0624 e. The van der Waals surface area contributed by atoms with Crippen molar-refractivity contribution in [2.75, 3.05) is 12.8 Å². The summed E-state index contributed by atoms with van der Waals surface area (Å²) in [7, 11) is 4.06. The molecule has 0 aliphatic rings. The van der Waals surface area contributed by atoms with Crippen LogP contribution in [0.1, 0.15) is 18.3 Å². The lowest BCUT2D eigenvalue weighted by Gasteiger charge is -2.15. The van der Waals surface area contributed by atoms with Gasteiger partial charge in [-0.2, -0.15) is 5.10 Å². The zero-order chi connectivity index (χ0) is 15.2. The molecular formula is C16H22BrN3S. The van der Waals surface area contributed by atoms with Crippen molar-refractivity contribution in [2.24, 2.45) is 7.05 Å². The van der Waals surface area contributed by atoms with Crippen LogP contribution in [0.5, 0.6) is 0 Å². The fraction of sp³-hybridized carbons (Fsp3) is 0.438. The molecule has 114 valence electrons. The van der Waals surface area contributed by atoms with Gasteiger partial charge in [0, 0.05) is 40.3 Å². The second kappa shape index (κ2) is 8.01. The summed E-state index contributed by atoms with van der Waals surface area (Å²) >= 11 is 5.36. The first kappa shape index (κ1) is 16.6. The predicted molar refractivity (Wildman–Crippen MR) is 94.0 cm³/mol. The van der Waals surface area contributed by atoms with Crippen LogP contribution in [0, 0.1) is 0 Å². The highest BCUT2D eigenvalue weighted by atomic mass is 79.9. The van der Waals surface area contributed by atoms with E-state index in [2.05, 4.69) is 63.6 Å². The third-order valence-corrected chi connectivity index (χ3v) is 5.22. The standard InChI is InChI=1S/C16H22BrN3S/c1-4-13-9-15(20(3)19-13)10-14(18-2)11-21-16-7-5-12(17)6-8-16/h5-9,14,18H,4,10-11H2,1-3H3. The Morgan fingerprint density at radius 2 is 2.05 bits per heavy atom. The van der Waals surface area contributed by atoms with Crippen LogP contribution in [0.2, 0.25) is 0 Å². The number of hydrogen-bond acceptors (Lipinski definition) is 3. The molecule has 0 aliphatic carbocycles. The normalized spacial score (nSPS) is 12.6. The van der Waals surface area contributed by atoms with Crippen molar-refractivity contribution in [3.63, 3.8) is 0 Å². The summed E-state index contributed by atoms with van der Waals surface area (Å²) in [6, 6.07) is 11.1. The molecule has 0 saturated carbocycles. The van der Waals surface area contributed by atoms with Gasteiger partial charge in [-0.25, -0.2) is 0 Å². The number of nitrogens with zero attached hydrogens (tertiary/aromatic N) is 2. The van der Waals surface area contributed by atoms with Gasteiger partial charge in [-0.05, 0) is 43.8 Å². The monoisotopic (exact) mass is 367 g/mol. The van der Waals surface area contributed by atoms with Gasteiger partial charge in [-0.1, -0.05) is 22.9 Å². The van der Waals surface area contributed by atoms with E-state index in [9.17, 15) is 0 Å². The quantitative estimate of drug-likeness (QED) is 0.757. The van der Waals surface area contributed by atoms with Crippen LogP contribution in [-0.4, -0.2) is 28.6 Å². The summed E-state index contributed by atoms with van der Waals surface area (Å²) in [5.41, 5.74) is 2.46. The van der Waals surface area contributed by atoms with Gasteiger partial charge in [0.05, 0.1) is 5.69 Å². The number of halogens is 1. The van der Waals surface area contributed by atoms with Crippen LogP contribution < -0.4 is 5.32 Å². The van der Waals surface area contributed by atoms with E-state index in [1.165, 1.54) is 16.3 Å². The third kappa shape index (κ3) is 4.87. The lowest BCUT2D eigenvalue weighted by molar-refractivity contribution is 0.581. The number of aryl methyl sites for hydroxylation is 2. The minimum atomic E-state index is 0.443. The number of aromatic nitrogens is 2. The van der Waals surface area contributed by atoms with Crippen LogP contribution in [0.4, 0.5) is 0 Å². The molecule has 1 aromatic carbocycles. The zero-order valence-corrected chi connectivity index (χ0v) is 15.2. The van der Waals surface area contributed by atoms with Gasteiger partial charge < -0.3 is 5.32 Å². The summed E-state index contributed by atoms with van der Waals surface area (Å²) < 4.78 is 3.13. The molecule has 0 radical (unpaired) electrons. The van der Waals surface area contributed by atoms with E-state index in [1.54, 1.807) is 0 Å². The number of rotatable bonds is 7.